The summed E-state index contributed by atoms with van der Waals surface area (Å²) < 4.78 is 85.2. The Bertz CT molecular complexity index is 1410. The summed E-state index contributed by atoms with van der Waals surface area (Å²) >= 11 is 11.6. The van der Waals surface area contributed by atoms with E-state index in [4.69, 9.17) is 23.2 Å². The molecule has 1 N–H and O–H groups in total. The number of esters is 1. The van der Waals surface area contributed by atoms with Gasteiger partial charge in [0, 0.05) is 5.02 Å². The number of carbonyl (C=O) groups is 1. The maximum Gasteiger partial charge on any atom is 0.417 e. The number of anilines is 1. The van der Waals surface area contributed by atoms with Crippen molar-refractivity contribution in [3.8, 4) is 0 Å². The zero-order chi connectivity index (χ0) is 26.0. The Morgan fingerprint density at radius 2 is 1.77 bits per heavy atom. The van der Waals surface area contributed by atoms with Crippen LogP contribution >= 0.6 is 23.2 Å². The molecule has 13 heteroatoms. The molecule has 1 atom stereocenters. The molecule has 186 valence electrons. The highest BCUT2D eigenvalue weighted by molar-refractivity contribution is 7.92. The second kappa shape index (κ2) is 10.6. The van der Waals surface area contributed by atoms with Crippen LogP contribution in [0.3, 0.4) is 0 Å². The number of rotatable bonds is 7. The number of benzene rings is 3. The molecule has 3 aromatic carbocycles. The van der Waals surface area contributed by atoms with Crippen LogP contribution in [0.25, 0.3) is 0 Å². The Balaban J connectivity index is 1.95. The first-order chi connectivity index (χ1) is 16.3. The van der Waals surface area contributed by atoms with Gasteiger partial charge in [0.25, 0.3) is 10.0 Å². The molecule has 0 amide bonds. The second-order valence-corrected chi connectivity index (χ2v) is 11.0. The Morgan fingerprint density at radius 1 is 1.06 bits per heavy atom. The van der Waals surface area contributed by atoms with Crippen LogP contribution in [0.1, 0.15) is 21.5 Å². The van der Waals surface area contributed by atoms with Crippen molar-refractivity contribution in [2.45, 2.75) is 21.7 Å². The van der Waals surface area contributed by atoms with E-state index in [1.807, 2.05) is 0 Å². The number of halogens is 5. The largest absolute Gasteiger partial charge is 0.465 e. The fraction of sp³-hybridized carbons (Fsp3) is 0.136. The van der Waals surface area contributed by atoms with Gasteiger partial charge < -0.3 is 4.74 Å². The Hall–Kier alpha value is -2.60. The number of hydrogen-bond acceptors (Lipinski definition) is 5. The van der Waals surface area contributed by atoms with Crippen LogP contribution in [0.4, 0.5) is 18.9 Å². The topological polar surface area (TPSA) is 89.5 Å². The maximum atomic E-state index is 13.2. The predicted octanol–water partition coefficient (Wildman–Crippen LogP) is 5.91. The number of alkyl halides is 3. The highest BCUT2D eigenvalue weighted by atomic mass is 35.5. The van der Waals surface area contributed by atoms with E-state index in [0.29, 0.717) is 11.6 Å². The fourth-order valence-electron chi connectivity index (χ4n) is 3.01. The fourth-order valence-corrected chi connectivity index (χ4v) is 5.78. The number of ether oxygens (including phenoxy) is 1. The molecule has 0 aromatic heterocycles. The van der Waals surface area contributed by atoms with Crippen LogP contribution in [0, 0.1) is 0 Å². The molecule has 3 rings (SSSR count). The van der Waals surface area contributed by atoms with Crippen LogP contribution in [0.5, 0.6) is 0 Å². The molecule has 0 aliphatic rings. The zero-order valence-corrected chi connectivity index (χ0v) is 20.9. The Kier molecular flexibility index (Phi) is 8.15. The molecular formula is C22H16Cl2F3NO5S2. The molecule has 0 spiro atoms. The van der Waals surface area contributed by atoms with Crippen LogP contribution in [-0.4, -0.2) is 25.7 Å². The number of nitrogens with one attached hydrogen (secondary N) is 1. The van der Waals surface area contributed by atoms with Gasteiger partial charge >= 0.3 is 12.1 Å². The van der Waals surface area contributed by atoms with Crippen molar-refractivity contribution < 1.29 is 35.3 Å². The lowest BCUT2D eigenvalue weighted by atomic mass is 10.1. The van der Waals surface area contributed by atoms with E-state index in [1.54, 1.807) is 12.1 Å². The van der Waals surface area contributed by atoms with Gasteiger partial charge in [-0.3, -0.25) is 8.93 Å². The summed E-state index contributed by atoms with van der Waals surface area (Å²) in [6.45, 7) is 0. The maximum absolute atomic E-state index is 13.2. The normalized spacial score (nSPS) is 12.7. The van der Waals surface area contributed by atoms with Crippen molar-refractivity contribution in [3.05, 3.63) is 87.4 Å². The Morgan fingerprint density at radius 3 is 2.43 bits per heavy atom. The number of carbonyl (C=O) groups excluding carboxylic acids is 1. The third kappa shape index (κ3) is 6.54. The first kappa shape index (κ1) is 27.0. The van der Waals surface area contributed by atoms with Gasteiger partial charge in [-0.25, -0.2) is 13.2 Å². The summed E-state index contributed by atoms with van der Waals surface area (Å²) in [5.74, 6) is -0.681. The third-order valence-electron chi connectivity index (χ3n) is 4.63. The van der Waals surface area contributed by atoms with E-state index < -0.39 is 48.5 Å². The standard InChI is InChI=1S/C22H16Cl2F3NO5S2/c1-33-21(29)14-4-2-3-13(9-14)12-34(30)20-8-5-15(23)10-19(20)28-35(31,32)16-6-7-18(24)17(11-16)22(25,26)27/h2-11,28H,12H2,1H3. The molecule has 35 heavy (non-hydrogen) atoms. The minimum atomic E-state index is -4.87. The van der Waals surface area contributed by atoms with E-state index in [9.17, 15) is 30.6 Å². The van der Waals surface area contributed by atoms with Gasteiger partial charge in [-0.05, 0) is 54.1 Å². The van der Waals surface area contributed by atoms with Gasteiger partial charge in [-0.1, -0.05) is 35.3 Å². The zero-order valence-electron chi connectivity index (χ0n) is 17.7. The molecule has 0 radical (unpaired) electrons. The molecule has 0 saturated carbocycles. The van der Waals surface area contributed by atoms with Gasteiger partial charge in [0.2, 0.25) is 0 Å². The highest BCUT2D eigenvalue weighted by Crippen LogP contribution is 2.36. The van der Waals surface area contributed by atoms with E-state index >= 15 is 0 Å². The monoisotopic (exact) mass is 565 g/mol. The summed E-state index contributed by atoms with van der Waals surface area (Å²) in [5, 5.41) is -0.557. The van der Waals surface area contributed by atoms with Gasteiger partial charge in [0.1, 0.15) is 0 Å². The lowest BCUT2D eigenvalue weighted by Crippen LogP contribution is -2.16. The number of sulfonamides is 1. The average molecular weight is 566 g/mol. The second-order valence-electron chi connectivity index (χ2n) is 7.07. The van der Waals surface area contributed by atoms with Crippen LogP contribution in [-0.2, 0) is 37.5 Å². The molecule has 1 unspecified atom stereocenters. The SMILES string of the molecule is COC(=O)c1cccc(CS(=O)c2ccc(Cl)cc2NS(=O)(=O)c2ccc(Cl)c(C(F)(F)F)c2)c1. The molecular weight excluding hydrogens is 550 g/mol. The van der Waals surface area contributed by atoms with E-state index in [1.165, 1.54) is 37.4 Å². The minimum absolute atomic E-state index is 0.0338. The summed E-state index contributed by atoms with van der Waals surface area (Å²) in [6.07, 6.45) is -4.87. The lowest BCUT2D eigenvalue weighted by molar-refractivity contribution is -0.137. The first-order valence-corrected chi connectivity index (χ1v) is 13.1. The first-order valence-electron chi connectivity index (χ1n) is 9.56. The predicted molar refractivity (Wildman–Crippen MR) is 127 cm³/mol. The molecule has 0 aliphatic carbocycles. The molecule has 0 heterocycles. The van der Waals surface area contributed by atoms with Crippen molar-refractivity contribution in [3.63, 3.8) is 0 Å². The Labute approximate surface area is 211 Å². The number of methoxy groups -OCH3 is 1. The van der Waals surface area contributed by atoms with E-state index in [0.717, 1.165) is 12.1 Å². The molecule has 0 bridgehead atoms. The van der Waals surface area contributed by atoms with Gasteiger partial charge in [-0.2, -0.15) is 13.2 Å². The number of hydrogen-bond donors (Lipinski definition) is 1. The van der Waals surface area contributed by atoms with Gasteiger partial charge in [0.05, 0.1) is 55.3 Å². The summed E-state index contributed by atoms with van der Waals surface area (Å²) in [6, 6.07) is 12.3. The minimum Gasteiger partial charge on any atom is -0.465 e. The molecule has 3 aromatic rings. The smallest absolute Gasteiger partial charge is 0.417 e. The molecule has 6 nitrogen and oxygen atoms in total. The van der Waals surface area contributed by atoms with Crippen LogP contribution in [0.15, 0.2) is 70.5 Å². The van der Waals surface area contributed by atoms with E-state index in [-0.39, 0.29) is 26.9 Å². The lowest BCUT2D eigenvalue weighted by Gasteiger charge is -2.15. The van der Waals surface area contributed by atoms with Crippen molar-refractivity contribution in [1.29, 1.82) is 0 Å². The molecule has 0 fully saturated rings. The summed E-state index contributed by atoms with van der Waals surface area (Å²) in [5.41, 5.74) is -0.754. The van der Waals surface area contributed by atoms with Crippen molar-refractivity contribution >= 4 is 55.7 Å². The van der Waals surface area contributed by atoms with E-state index in [2.05, 4.69) is 9.46 Å². The molecule has 0 aliphatic heterocycles. The summed E-state index contributed by atoms with van der Waals surface area (Å²) in [4.78, 5) is 11.1. The highest BCUT2D eigenvalue weighted by Gasteiger charge is 2.34. The van der Waals surface area contributed by atoms with Gasteiger partial charge in [-0.15, -0.1) is 0 Å². The summed E-state index contributed by atoms with van der Waals surface area (Å²) in [7, 11) is -5.15. The van der Waals surface area contributed by atoms with Crippen molar-refractivity contribution in [2.24, 2.45) is 0 Å². The van der Waals surface area contributed by atoms with Crippen LogP contribution in [0.2, 0.25) is 10.0 Å². The van der Waals surface area contributed by atoms with Crippen molar-refractivity contribution in [2.75, 3.05) is 11.8 Å². The molecule has 0 saturated heterocycles. The average Bonchev–Trinajstić information content (AvgIpc) is 2.77. The quantitative estimate of drug-likeness (QED) is 0.360. The third-order valence-corrected chi connectivity index (χ3v) is 8.00. The van der Waals surface area contributed by atoms with Gasteiger partial charge in [0.15, 0.2) is 0 Å². The van der Waals surface area contributed by atoms with Crippen LogP contribution < -0.4 is 4.72 Å². The van der Waals surface area contributed by atoms with Crippen molar-refractivity contribution in [1.82, 2.24) is 0 Å².